The van der Waals surface area contributed by atoms with Crippen molar-refractivity contribution in [1.82, 2.24) is 9.80 Å². The number of rotatable bonds is 19. The first kappa shape index (κ1) is 36.3. The molecule has 2 rings (SSSR count). The van der Waals surface area contributed by atoms with E-state index in [-0.39, 0.29) is 17.6 Å². The molecule has 0 aliphatic carbocycles. The summed E-state index contributed by atoms with van der Waals surface area (Å²) in [5.41, 5.74) is 0.999. The summed E-state index contributed by atoms with van der Waals surface area (Å²) in [4.78, 5) is 29.5. The van der Waals surface area contributed by atoms with Gasteiger partial charge in [-0.1, -0.05) is 13.8 Å². The number of aromatic carboxylic acids is 1. The zero-order valence-corrected chi connectivity index (χ0v) is 27.6. The van der Waals surface area contributed by atoms with Crippen molar-refractivity contribution >= 4 is 11.9 Å². The summed E-state index contributed by atoms with van der Waals surface area (Å²) in [6.07, 6.45) is 0.973. The van der Waals surface area contributed by atoms with E-state index in [1.54, 1.807) is 12.1 Å². The smallest absolute Gasteiger partial charge is 0.338 e. The number of carboxylic acids is 1. The molecule has 0 radical (unpaired) electrons. The average Bonchev–Trinajstić information content (AvgIpc) is 3.03. The monoisotopic (exact) mass is 620 g/mol. The number of likely N-dealkylation sites (N-methyl/N-ethyl adjacent to an activating group) is 2. The van der Waals surface area contributed by atoms with Gasteiger partial charge in [-0.3, -0.25) is 0 Å². The molecule has 0 saturated heterocycles. The SMILES string of the molecule is CC[C@H](CN(C)CCN(C)C[C@@H](CC)c1c(C(=O)O)cc(OC)c(OC)c1OC)OC(=O)c1cc(OC)c(OC)c(OC)c1. The molecule has 12 heteroatoms. The maximum absolute atomic E-state index is 13.0. The zero-order chi connectivity index (χ0) is 33.0. The first-order valence-corrected chi connectivity index (χ1v) is 14.5. The lowest BCUT2D eigenvalue weighted by Crippen LogP contribution is -2.38. The first-order valence-electron chi connectivity index (χ1n) is 14.5. The molecule has 0 unspecified atom stereocenters. The fraction of sp³-hybridized carbons (Fsp3) is 0.562. The van der Waals surface area contributed by atoms with Crippen molar-refractivity contribution in [2.45, 2.75) is 38.7 Å². The Balaban J connectivity index is 2.10. The van der Waals surface area contributed by atoms with Crippen LogP contribution in [-0.4, -0.2) is 116 Å². The Hall–Kier alpha value is -3.90. The minimum atomic E-state index is -1.06. The summed E-state index contributed by atoms with van der Waals surface area (Å²) in [5, 5.41) is 10.0. The standard InChI is InChI=1S/C32H48N2O10/c1-11-20(27-23(31(35)36)17-26(40-7)29(42-9)30(27)43-10)18-33(3)13-14-34(4)19-22(12-2)44-32(37)21-15-24(38-5)28(41-8)25(16-21)39-6/h15-17,20,22H,11-14,18-19H2,1-10H3,(H,35,36)/t20-,22-/m1/s1. The van der Waals surface area contributed by atoms with E-state index in [1.807, 2.05) is 27.9 Å². The van der Waals surface area contributed by atoms with Gasteiger partial charge in [-0.15, -0.1) is 0 Å². The lowest BCUT2D eigenvalue weighted by atomic mass is 9.89. The highest BCUT2D eigenvalue weighted by Crippen LogP contribution is 2.46. The second-order valence-electron chi connectivity index (χ2n) is 10.4. The van der Waals surface area contributed by atoms with Gasteiger partial charge in [-0.25, -0.2) is 9.59 Å². The summed E-state index contributed by atoms with van der Waals surface area (Å²) in [6.45, 7) is 6.49. The molecule has 2 aromatic rings. The van der Waals surface area contributed by atoms with Crippen molar-refractivity contribution in [3.8, 4) is 34.5 Å². The number of esters is 1. The molecule has 0 aliphatic rings. The molecule has 0 spiro atoms. The molecular formula is C32H48N2O10. The summed E-state index contributed by atoms with van der Waals surface area (Å²) in [6, 6.07) is 4.63. The van der Waals surface area contributed by atoms with E-state index in [0.29, 0.717) is 84.6 Å². The van der Waals surface area contributed by atoms with Gasteiger partial charge in [0.25, 0.3) is 0 Å². The van der Waals surface area contributed by atoms with Crippen LogP contribution in [0.2, 0.25) is 0 Å². The largest absolute Gasteiger partial charge is 0.493 e. The third-order valence-electron chi connectivity index (χ3n) is 7.54. The van der Waals surface area contributed by atoms with Gasteiger partial charge >= 0.3 is 11.9 Å². The summed E-state index contributed by atoms with van der Waals surface area (Å²) in [5.74, 6) is 0.482. The molecule has 2 aromatic carbocycles. The maximum Gasteiger partial charge on any atom is 0.338 e. The van der Waals surface area contributed by atoms with Crippen molar-refractivity contribution < 1.29 is 47.9 Å². The van der Waals surface area contributed by atoms with Crippen LogP contribution in [-0.2, 0) is 4.74 Å². The molecule has 0 fully saturated rings. The molecule has 0 aliphatic heterocycles. The van der Waals surface area contributed by atoms with Gasteiger partial charge in [0.1, 0.15) is 6.10 Å². The maximum atomic E-state index is 13.0. The van der Waals surface area contributed by atoms with Gasteiger partial charge in [0.2, 0.25) is 11.5 Å². The second kappa shape index (κ2) is 17.4. The van der Waals surface area contributed by atoms with Crippen LogP contribution in [0.3, 0.4) is 0 Å². The molecule has 1 N–H and O–H groups in total. The van der Waals surface area contributed by atoms with Crippen molar-refractivity contribution in [2.24, 2.45) is 0 Å². The van der Waals surface area contributed by atoms with Crippen LogP contribution in [0.25, 0.3) is 0 Å². The second-order valence-corrected chi connectivity index (χ2v) is 10.4. The first-order chi connectivity index (χ1) is 21.0. The third kappa shape index (κ3) is 8.82. The predicted molar refractivity (Wildman–Crippen MR) is 167 cm³/mol. The van der Waals surface area contributed by atoms with Crippen LogP contribution in [0.1, 0.15) is 58.9 Å². The van der Waals surface area contributed by atoms with Crippen LogP contribution in [0.4, 0.5) is 0 Å². The Morgan fingerprint density at radius 3 is 1.64 bits per heavy atom. The molecule has 0 heterocycles. The van der Waals surface area contributed by atoms with Gasteiger partial charge in [-0.05, 0) is 45.1 Å². The highest BCUT2D eigenvalue weighted by molar-refractivity contribution is 5.92. The van der Waals surface area contributed by atoms with E-state index < -0.39 is 11.9 Å². The molecule has 12 nitrogen and oxygen atoms in total. The normalized spacial score (nSPS) is 12.5. The van der Waals surface area contributed by atoms with Gasteiger partial charge in [0.05, 0.1) is 53.8 Å². The molecule has 246 valence electrons. The topological polar surface area (TPSA) is 125 Å². The zero-order valence-electron chi connectivity index (χ0n) is 27.6. The van der Waals surface area contributed by atoms with E-state index in [0.717, 1.165) is 0 Å². The molecule has 0 aromatic heterocycles. The van der Waals surface area contributed by atoms with E-state index in [1.165, 1.54) is 48.7 Å². The fourth-order valence-corrected chi connectivity index (χ4v) is 5.10. The highest BCUT2D eigenvalue weighted by Gasteiger charge is 2.29. The van der Waals surface area contributed by atoms with Gasteiger partial charge < -0.3 is 48.1 Å². The number of carbonyl (C=O) groups excluding carboxylic acids is 1. The van der Waals surface area contributed by atoms with Gasteiger partial charge in [-0.2, -0.15) is 0 Å². The summed E-state index contributed by atoms with van der Waals surface area (Å²) < 4.78 is 38.5. The number of methoxy groups -OCH3 is 6. The summed E-state index contributed by atoms with van der Waals surface area (Å²) >= 11 is 0. The van der Waals surface area contributed by atoms with E-state index in [9.17, 15) is 14.7 Å². The minimum absolute atomic E-state index is 0.122. The number of hydrogen-bond donors (Lipinski definition) is 1. The molecule has 2 atom stereocenters. The highest BCUT2D eigenvalue weighted by atomic mass is 16.6. The van der Waals surface area contributed by atoms with Gasteiger partial charge in [0, 0.05) is 37.7 Å². The Kier molecular flexibility index (Phi) is 14.4. The number of carbonyl (C=O) groups is 2. The predicted octanol–water partition coefficient (Wildman–Crippen LogP) is 4.43. The van der Waals surface area contributed by atoms with E-state index >= 15 is 0 Å². The Labute approximate surface area is 260 Å². The minimum Gasteiger partial charge on any atom is -0.493 e. The van der Waals surface area contributed by atoms with Crippen molar-refractivity contribution in [3.05, 3.63) is 34.9 Å². The van der Waals surface area contributed by atoms with Crippen LogP contribution >= 0.6 is 0 Å². The van der Waals surface area contributed by atoms with Crippen molar-refractivity contribution in [1.29, 1.82) is 0 Å². The van der Waals surface area contributed by atoms with Crippen LogP contribution in [0.15, 0.2) is 18.2 Å². The molecule has 0 bridgehead atoms. The number of carboxylic acid groups (broad SMARTS) is 1. The lowest BCUT2D eigenvalue weighted by molar-refractivity contribution is 0.0208. The Bertz CT molecular complexity index is 1230. The molecule has 44 heavy (non-hydrogen) atoms. The number of hydrogen-bond acceptors (Lipinski definition) is 11. The van der Waals surface area contributed by atoms with E-state index in [4.69, 9.17) is 33.2 Å². The quantitative estimate of drug-likeness (QED) is 0.223. The number of ether oxygens (including phenoxy) is 7. The van der Waals surface area contributed by atoms with Crippen LogP contribution in [0.5, 0.6) is 34.5 Å². The van der Waals surface area contributed by atoms with Crippen molar-refractivity contribution in [2.75, 3.05) is 82.9 Å². The van der Waals surface area contributed by atoms with Gasteiger partial charge in [0.15, 0.2) is 23.0 Å². The lowest BCUT2D eigenvalue weighted by Gasteiger charge is -2.29. The number of benzene rings is 2. The number of nitrogens with zero attached hydrogens (tertiary/aromatic N) is 2. The molecule has 0 amide bonds. The average molecular weight is 621 g/mol. The fourth-order valence-electron chi connectivity index (χ4n) is 5.10. The Morgan fingerprint density at radius 2 is 1.20 bits per heavy atom. The Morgan fingerprint density at radius 1 is 0.705 bits per heavy atom. The van der Waals surface area contributed by atoms with Crippen molar-refractivity contribution in [3.63, 3.8) is 0 Å². The third-order valence-corrected chi connectivity index (χ3v) is 7.54. The molecular weight excluding hydrogens is 572 g/mol. The van der Waals surface area contributed by atoms with Crippen LogP contribution < -0.4 is 28.4 Å². The van der Waals surface area contributed by atoms with Crippen LogP contribution in [0, 0.1) is 0 Å². The summed E-state index contributed by atoms with van der Waals surface area (Å²) in [7, 11) is 12.9. The van der Waals surface area contributed by atoms with E-state index in [2.05, 4.69) is 9.80 Å². The molecule has 0 saturated carbocycles.